The van der Waals surface area contributed by atoms with Gasteiger partial charge < -0.3 is 4.74 Å². The number of hydrogen-bond acceptors (Lipinski definition) is 5. The summed E-state index contributed by atoms with van der Waals surface area (Å²) in [5.41, 5.74) is -2.12. The molecule has 0 unspecified atom stereocenters. The Hall–Kier alpha value is -1.55. The third kappa shape index (κ3) is 4.85. The Kier molecular flexibility index (Phi) is 4.81. The van der Waals surface area contributed by atoms with Crippen LogP contribution in [0.1, 0.15) is 5.56 Å². The zero-order valence-electron chi connectivity index (χ0n) is 9.55. The largest absolute Gasteiger partial charge is 0.486 e. The minimum atomic E-state index is -4.73. The number of nitro groups is 1. The predicted octanol–water partition coefficient (Wildman–Crippen LogP) is 2.56. The molecule has 0 saturated heterocycles. The molecule has 1 aromatic carbocycles. The number of nitro benzene ring substituents is 1. The lowest BCUT2D eigenvalue weighted by atomic mass is 10.2. The maximum atomic E-state index is 12.4. The van der Waals surface area contributed by atoms with Crippen molar-refractivity contribution in [3.63, 3.8) is 0 Å². The van der Waals surface area contributed by atoms with E-state index in [0.29, 0.717) is 12.1 Å². The Morgan fingerprint density at radius 3 is 2.40 bits per heavy atom. The van der Waals surface area contributed by atoms with E-state index in [-0.39, 0.29) is 0 Å². The summed E-state index contributed by atoms with van der Waals surface area (Å²) >= 11 is 0. The fourth-order valence-electron chi connectivity index (χ4n) is 1.21. The van der Waals surface area contributed by atoms with Crippen LogP contribution in [0.2, 0.25) is 0 Å². The van der Waals surface area contributed by atoms with Crippen LogP contribution in [0.5, 0.6) is 5.75 Å². The predicted molar refractivity (Wildman–Crippen MR) is 63.2 cm³/mol. The highest BCUT2D eigenvalue weighted by atomic mass is 35.7. The van der Waals surface area contributed by atoms with E-state index in [2.05, 4.69) is 0 Å². The molecule has 0 radical (unpaired) electrons. The second kappa shape index (κ2) is 5.83. The molecule has 0 bridgehead atoms. The molecular weight excluding hydrogens is 327 g/mol. The lowest BCUT2D eigenvalue weighted by Crippen LogP contribution is -2.11. The zero-order chi connectivity index (χ0) is 15.6. The fourth-order valence-corrected chi connectivity index (χ4v) is 1.68. The van der Waals surface area contributed by atoms with Crippen molar-refractivity contribution in [2.45, 2.75) is 6.18 Å². The van der Waals surface area contributed by atoms with E-state index in [1.807, 2.05) is 0 Å². The maximum absolute atomic E-state index is 12.4. The van der Waals surface area contributed by atoms with E-state index in [4.69, 9.17) is 15.4 Å². The number of rotatable bonds is 5. The van der Waals surface area contributed by atoms with E-state index in [1.54, 1.807) is 0 Å². The second-order valence-electron chi connectivity index (χ2n) is 3.53. The Morgan fingerprint density at radius 1 is 1.35 bits per heavy atom. The monoisotopic (exact) mass is 333 g/mol. The molecule has 0 amide bonds. The zero-order valence-corrected chi connectivity index (χ0v) is 11.1. The van der Waals surface area contributed by atoms with Crippen molar-refractivity contribution in [3.8, 4) is 5.75 Å². The lowest BCUT2D eigenvalue weighted by molar-refractivity contribution is -0.386. The molecule has 0 N–H and O–H groups in total. The average molecular weight is 334 g/mol. The van der Waals surface area contributed by atoms with Gasteiger partial charge in [-0.15, -0.1) is 0 Å². The van der Waals surface area contributed by atoms with Gasteiger partial charge in [-0.3, -0.25) is 10.1 Å². The van der Waals surface area contributed by atoms with E-state index in [0.717, 1.165) is 6.07 Å². The normalized spacial score (nSPS) is 12.2. The summed E-state index contributed by atoms with van der Waals surface area (Å²) in [6, 6.07) is 1.66. The minimum Gasteiger partial charge on any atom is -0.486 e. The summed E-state index contributed by atoms with van der Waals surface area (Å²) < 4.78 is 63.3. The summed E-state index contributed by atoms with van der Waals surface area (Å²) in [4.78, 5) is 9.62. The van der Waals surface area contributed by atoms with Gasteiger partial charge in [0, 0.05) is 16.7 Å². The van der Waals surface area contributed by atoms with Crippen molar-refractivity contribution in [1.82, 2.24) is 0 Å². The van der Waals surface area contributed by atoms with Gasteiger partial charge in [-0.25, -0.2) is 8.42 Å². The third-order valence-corrected chi connectivity index (χ3v) is 3.18. The Balaban J connectivity index is 3.00. The molecule has 0 spiro atoms. The van der Waals surface area contributed by atoms with Crippen LogP contribution in [0.3, 0.4) is 0 Å². The molecule has 0 aliphatic heterocycles. The molecule has 1 aromatic rings. The fraction of sp³-hybridized carbons (Fsp3) is 0.333. The van der Waals surface area contributed by atoms with Gasteiger partial charge in [0.05, 0.1) is 16.2 Å². The molecule has 0 saturated carbocycles. The minimum absolute atomic E-state index is 0.310. The average Bonchev–Trinajstić information content (AvgIpc) is 2.25. The summed E-state index contributed by atoms with van der Waals surface area (Å²) in [6.45, 7) is -0.516. The van der Waals surface area contributed by atoms with Crippen molar-refractivity contribution in [2.75, 3.05) is 12.4 Å². The van der Waals surface area contributed by atoms with Crippen LogP contribution in [0, 0.1) is 10.1 Å². The van der Waals surface area contributed by atoms with Crippen LogP contribution in [0.25, 0.3) is 0 Å². The highest BCUT2D eigenvalue weighted by Gasteiger charge is 2.33. The summed E-state index contributed by atoms with van der Waals surface area (Å²) in [6.07, 6.45) is -4.73. The highest BCUT2D eigenvalue weighted by Crippen LogP contribution is 2.35. The quantitative estimate of drug-likeness (QED) is 0.469. The highest BCUT2D eigenvalue weighted by molar-refractivity contribution is 8.13. The van der Waals surface area contributed by atoms with Gasteiger partial charge in [-0.05, 0) is 12.1 Å². The van der Waals surface area contributed by atoms with Gasteiger partial charge in [0.1, 0.15) is 6.61 Å². The number of hydrogen-bond donors (Lipinski definition) is 0. The van der Waals surface area contributed by atoms with E-state index >= 15 is 0 Å². The van der Waals surface area contributed by atoms with Gasteiger partial charge in [0.15, 0.2) is 5.75 Å². The SMILES string of the molecule is O=[N+]([O-])c1cc(C(F)(F)F)ccc1OCCS(=O)(=O)Cl. The maximum Gasteiger partial charge on any atom is 0.416 e. The first-order valence-electron chi connectivity index (χ1n) is 4.91. The molecule has 6 nitrogen and oxygen atoms in total. The molecule has 20 heavy (non-hydrogen) atoms. The van der Waals surface area contributed by atoms with Crippen LogP contribution in [-0.2, 0) is 15.2 Å². The van der Waals surface area contributed by atoms with Crippen molar-refractivity contribution < 1.29 is 31.2 Å². The third-order valence-electron chi connectivity index (χ3n) is 2.07. The second-order valence-corrected chi connectivity index (χ2v) is 6.43. The Morgan fingerprint density at radius 2 is 1.95 bits per heavy atom. The molecule has 0 aromatic heterocycles. The van der Waals surface area contributed by atoms with Gasteiger partial charge >= 0.3 is 11.9 Å². The van der Waals surface area contributed by atoms with Gasteiger partial charge in [0.25, 0.3) is 0 Å². The Bertz CT molecular complexity index is 616. The number of ether oxygens (including phenoxy) is 1. The van der Waals surface area contributed by atoms with Gasteiger partial charge in [0.2, 0.25) is 9.05 Å². The number of alkyl halides is 3. The molecule has 112 valence electrons. The summed E-state index contributed by atoms with van der Waals surface area (Å²) in [7, 11) is 1.03. The van der Waals surface area contributed by atoms with E-state index in [9.17, 15) is 31.7 Å². The van der Waals surface area contributed by atoms with Crippen LogP contribution in [-0.4, -0.2) is 25.7 Å². The van der Waals surface area contributed by atoms with Crippen molar-refractivity contribution in [2.24, 2.45) is 0 Å². The Labute approximate surface area is 115 Å². The standard InChI is InChI=1S/C9H7ClF3NO5S/c10-20(17,18)4-3-19-8-2-1-6(9(11,12)13)5-7(8)14(15)16/h1-2,5H,3-4H2. The molecule has 0 heterocycles. The van der Waals surface area contributed by atoms with E-state index in [1.165, 1.54) is 0 Å². The van der Waals surface area contributed by atoms with E-state index < -0.39 is 49.5 Å². The molecule has 0 aliphatic carbocycles. The smallest absolute Gasteiger partial charge is 0.416 e. The topological polar surface area (TPSA) is 86.5 Å². The number of nitrogens with zero attached hydrogens (tertiary/aromatic N) is 1. The lowest BCUT2D eigenvalue weighted by Gasteiger charge is -2.09. The van der Waals surface area contributed by atoms with Crippen LogP contribution < -0.4 is 4.74 Å². The molecule has 11 heteroatoms. The van der Waals surface area contributed by atoms with Gasteiger partial charge in [-0.2, -0.15) is 13.2 Å². The molecule has 1 rings (SSSR count). The van der Waals surface area contributed by atoms with Crippen molar-refractivity contribution in [3.05, 3.63) is 33.9 Å². The number of benzene rings is 1. The first-order chi connectivity index (χ1) is 9.00. The van der Waals surface area contributed by atoms with Crippen molar-refractivity contribution in [1.29, 1.82) is 0 Å². The first kappa shape index (κ1) is 16.5. The number of halogens is 4. The van der Waals surface area contributed by atoms with Crippen molar-refractivity contribution >= 4 is 25.4 Å². The summed E-state index contributed by atoms with van der Waals surface area (Å²) in [5, 5.41) is 10.7. The summed E-state index contributed by atoms with van der Waals surface area (Å²) in [5.74, 6) is -1.10. The first-order valence-corrected chi connectivity index (χ1v) is 7.39. The van der Waals surface area contributed by atoms with Crippen LogP contribution in [0.15, 0.2) is 18.2 Å². The van der Waals surface area contributed by atoms with Crippen LogP contribution in [0.4, 0.5) is 18.9 Å². The van der Waals surface area contributed by atoms with Crippen LogP contribution >= 0.6 is 10.7 Å². The molecule has 0 aliphatic rings. The van der Waals surface area contributed by atoms with Gasteiger partial charge in [-0.1, -0.05) is 0 Å². The molecule has 0 fully saturated rings. The molecular formula is C9H7ClF3NO5S. The molecule has 0 atom stereocenters.